The molecule has 0 aromatic heterocycles. The van der Waals surface area contributed by atoms with E-state index < -0.39 is 11.9 Å². The van der Waals surface area contributed by atoms with Gasteiger partial charge >= 0.3 is 5.97 Å². The first kappa shape index (κ1) is 12.2. The fourth-order valence-electron chi connectivity index (χ4n) is 1.24. The quantitative estimate of drug-likeness (QED) is 0.897. The Morgan fingerprint density at radius 1 is 1.47 bits per heavy atom. The zero-order chi connectivity index (χ0) is 11.3. The number of hydrogen-bond donors (Lipinski definition) is 1. The van der Waals surface area contributed by atoms with Crippen LogP contribution in [0.3, 0.4) is 0 Å². The summed E-state index contributed by atoms with van der Waals surface area (Å²) in [5.74, 6) is -1.44. The summed E-state index contributed by atoms with van der Waals surface area (Å²) >= 11 is 3.31. The zero-order valence-electron chi connectivity index (χ0n) is 8.44. The third-order valence-corrected chi connectivity index (χ3v) is 2.59. The molecule has 15 heavy (non-hydrogen) atoms. The molecule has 0 aliphatic carbocycles. The molecule has 0 saturated carbocycles. The van der Waals surface area contributed by atoms with Gasteiger partial charge in [0.15, 0.2) is 0 Å². The van der Waals surface area contributed by atoms with Gasteiger partial charge in [-0.1, -0.05) is 28.1 Å². The Bertz CT molecular complexity index is 321. The number of carboxylic acids is 1. The van der Waals surface area contributed by atoms with E-state index in [9.17, 15) is 4.79 Å². The van der Waals surface area contributed by atoms with Gasteiger partial charge in [-0.15, -0.1) is 0 Å². The zero-order valence-corrected chi connectivity index (χ0v) is 10.0. The number of benzene rings is 1. The van der Waals surface area contributed by atoms with Gasteiger partial charge in [0.05, 0.1) is 6.61 Å². The molecule has 0 bridgehead atoms. The highest BCUT2D eigenvalue weighted by Gasteiger charge is 2.19. The molecule has 0 fully saturated rings. The molecule has 1 aromatic rings. The minimum Gasteiger partial charge on any atom is -0.481 e. The lowest BCUT2D eigenvalue weighted by Crippen LogP contribution is -2.17. The van der Waals surface area contributed by atoms with Crippen LogP contribution < -0.4 is 0 Å². The molecule has 0 amide bonds. The van der Waals surface area contributed by atoms with Crippen molar-refractivity contribution in [2.75, 3.05) is 13.2 Å². The van der Waals surface area contributed by atoms with Crippen LogP contribution in [0.5, 0.6) is 0 Å². The molecule has 0 radical (unpaired) electrons. The first-order valence-electron chi connectivity index (χ1n) is 4.71. The standard InChI is InChI=1S/C11H13BrO3/c1-2-15-7-10(11(13)14)8-3-5-9(12)6-4-8/h3-6,10H,2,7H2,1H3,(H,13,14). The van der Waals surface area contributed by atoms with E-state index in [1.54, 1.807) is 12.1 Å². The van der Waals surface area contributed by atoms with Crippen molar-refractivity contribution in [3.05, 3.63) is 34.3 Å². The van der Waals surface area contributed by atoms with E-state index in [0.717, 1.165) is 10.0 Å². The summed E-state index contributed by atoms with van der Waals surface area (Å²) in [6.45, 7) is 2.59. The Labute approximate surface area is 97.2 Å². The second-order valence-electron chi connectivity index (χ2n) is 3.10. The molecule has 1 unspecified atom stereocenters. The number of carboxylic acid groups (broad SMARTS) is 1. The highest BCUT2D eigenvalue weighted by molar-refractivity contribution is 9.10. The number of halogens is 1. The van der Waals surface area contributed by atoms with Gasteiger partial charge < -0.3 is 9.84 Å². The molecule has 1 aromatic carbocycles. The van der Waals surface area contributed by atoms with Gasteiger partial charge in [-0.2, -0.15) is 0 Å². The monoisotopic (exact) mass is 272 g/mol. The molecule has 0 heterocycles. The molecule has 3 nitrogen and oxygen atoms in total. The lowest BCUT2D eigenvalue weighted by atomic mass is 10.0. The van der Waals surface area contributed by atoms with E-state index in [0.29, 0.717) is 6.61 Å². The van der Waals surface area contributed by atoms with Crippen LogP contribution >= 0.6 is 15.9 Å². The van der Waals surface area contributed by atoms with E-state index in [2.05, 4.69) is 15.9 Å². The van der Waals surface area contributed by atoms with E-state index in [-0.39, 0.29) is 6.61 Å². The van der Waals surface area contributed by atoms with Crippen LogP contribution in [0, 0.1) is 0 Å². The van der Waals surface area contributed by atoms with Crippen molar-refractivity contribution in [3.63, 3.8) is 0 Å². The molecule has 1 rings (SSSR count). The van der Waals surface area contributed by atoms with Crippen molar-refractivity contribution in [1.82, 2.24) is 0 Å². The summed E-state index contributed by atoms with van der Waals surface area (Å²) in [5, 5.41) is 9.03. The van der Waals surface area contributed by atoms with Crippen LogP contribution in [0.2, 0.25) is 0 Å². The molecule has 1 atom stereocenters. The van der Waals surface area contributed by atoms with Crippen LogP contribution in [0.25, 0.3) is 0 Å². The number of hydrogen-bond acceptors (Lipinski definition) is 2. The maximum absolute atomic E-state index is 11.0. The van der Waals surface area contributed by atoms with Crippen LogP contribution in [0.15, 0.2) is 28.7 Å². The van der Waals surface area contributed by atoms with E-state index in [1.165, 1.54) is 0 Å². The molecule has 0 aliphatic heterocycles. The predicted octanol–water partition coefficient (Wildman–Crippen LogP) is 2.65. The normalized spacial score (nSPS) is 12.4. The van der Waals surface area contributed by atoms with Crippen molar-refractivity contribution < 1.29 is 14.6 Å². The molecule has 0 spiro atoms. The van der Waals surface area contributed by atoms with E-state index in [1.807, 2.05) is 19.1 Å². The maximum atomic E-state index is 11.0. The first-order chi connectivity index (χ1) is 7.15. The molecule has 1 N–H and O–H groups in total. The highest BCUT2D eigenvalue weighted by atomic mass is 79.9. The summed E-state index contributed by atoms with van der Waals surface area (Å²) in [4.78, 5) is 11.0. The number of ether oxygens (including phenoxy) is 1. The molecule has 0 aliphatic rings. The number of rotatable bonds is 5. The van der Waals surface area contributed by atoms with Gasteiger partial charge in [-0.3, -0.25) is 4.79 Å². The summed E-state index contributed by atoms with van der Waals surface area (Å²) in [6.07, 6.45) is 0. The SMILES string of the molecule is CCOCC(C(=O)O)c1ccc(Br)cc1. The van der Waals surface area contributed by atoms with Crippen LogP contribution in [0.1, 0.15) is 18.4 Å². The van der Waals surface area contributed by atoms with Gasteiger partial charge in [0.2, 0.25) is 0 Å². The largest absolute Gasteiger partial charge is 0.481 e. The van der Waals surface area contributed by atoms with Gasteiger partial charge in [0.25, 0.3) is 0 Å². The van der Waals surface area contributed by atoms with Gasteiger partial charge in [-0.25, -0.2) is 0 Å². The number of carbonyl (C=O) groups is 1. The Morgan fingerprint density at radius 2 is 2.07 bits per heavy atom. The fourth-order valence-corrected chi connectivity index (χ4v) is 1.51. The topological polar surface area (TPSA) is 46.5 Å². The molecule has 82 valence electrons. The number of aliphatic carboxylic acids is 1. The van der Waals surface area contributed by atoms with Crippen molar-refractivity contribution in [1.29, 1.82) is 0 Å². The summed E-state index contributed by atoms with van der Waals surface area (Å²) in [7, 11) is 0. The van der Waals surface area contributed by atoms with Crippen molar-refractivity contribution in [2.45, 2.75) is 12.8 Å². The minimum absolute atomic E-state index is 0.216. The minimum atomic E-state index is -0.856. The van der Waals surface area contributed by atoms with Crippen molar-refractivity contribution >= 4 is 21.9 Å². The van der Waals surface area contributed by atoms with E-state index in [4.69, 9.17) is 9.84 Å². The lowest BCUT2D eigenvalue weighted by Gasteiger charge is -2.12. The maximum Gasteiger partial charge on any atom is 0.313 e. The van der Waals surface area contributed by atoms with Crippen LogP contribution in [0.4, 0.5) is 0 Å². The lowest BCUT2D eigenvalue weighted by molar-refractivity contribution is -0.140. The second-order valence-corrected chi connectivity index (χ2v) is 4.02. The Balaban J connectivity index is 2.79. The van der Waals surface area contributed by atoms with Gasteiger partial charge in [0, 0.05) is 11.1 Å². The van der Waals surface area contributed by atoms with Crippen LogP contribution in [-0.2, 0) is 9.53 Å². The smallest absolute Gasteiger partial charge is 0.313 e. The average Bonchev–Trinajstić information content (AvgIpc) is 2.21. The first-order valence-corrected chi connectivity index (χ1v) is 5.50. The molecular weight excluding hydrogens is 260 g/mol. The molecule has 0 saturated heterocycles. The van der Waals surface area contributed by atoms with Crippen molar-refractivity contribution in [2.24, 2.45) is 0 Å². The fraction of sp³-hybridized carbons (Fsp3) is 0.364. The summed E-state index contributed by atoms with van der Waals surface area (Å²) in [6, 6.07) is 7.25. The third kappa shape index (κ3) is 3.64. The molecular formula is C11H13BrO3. The van der Waals surface area contributed by atoms with E-state index >= 15 is 0 Å². The summed E-state index contributed by atoms with van der Waals surface area (Å²) < 4.78 is 6.09. The third-order valence-electron chi connectivity index (χ3n) is 2.06. The van der Waals surface area contributed by atoms with Crippen molar-refractivity contribution in [3.8, 4) is 0 Å². The predicted molar refractivity (Wildman–Crippen MR) is 61.0 cm³/mol. The van der Waals surface area contributed by atoms with Gasteiger partial charge in [0.1, 0.15) is 5.92 Å². The highest BCUT2D eigenvalue weighted by Crippen LogP contribution is 2.19. The Morgan fingerprint density at radius 3 is 2.53 bits per heavy atom. The summed E-state index contributed by atoms with van der Waals surface area (Å²) in [5.41, 5.74) is 0.763. The van der Waals surface area contributed by atoms with Gasteiger partial charge in [-0.05, 0) is 24.6 Å². The average molecular weight is 273 g/mol. The Kier molecular flexibility index (Phi) is 4.78. The Hall–Kier alpha value is -0.870. The van der Waals surface area contributed by atoms with Crippen LogP contribution in [-0.4, -0.2) is 24.3 Å². The second kappa shape index (κ2) is 5.88. The molecule has 4 heteroatoms.